The molecule has 2 aromatic rings. The van der Waals surface area contributed by atoms with Crippen molar-refractivity contribution in [1.29, 1.82) is 0 Å². The molecule has 0 aliphatic carbocycles. The lowest BCUT2D eigenvalue weighted by Gasteiger charge is -2.28. The van der Waals surface area contributed by atoms with Crippen LogP contribution < -0.4 is 10.1 Å². The van der Waals surface area contributed by atoms with E-state index in [9.17, 15) is 9.59 Å². The average molecular weight is 354 g/mol. The molecule has 2 rings (SSSR count). The fourth-order valence-corrected chi connectivity index (χ4v) is 2.89. The predicted octanol–water partition coefficient (Wildman–Crippen LogP) is 3.94. The van der Waals surface area contributed by atoms with E-state index in [1.165, 1.54) is 6.92 Å². The highest BCUT2D eigenvalue weighted by Gasteiger charge is 2.19. The zero-order valence-corrected chi connectivity index (χ0v) is 15.8. The quantitative estimate of drug-likeness (QED) is 0.819. The zero-order valence-electron chi connectivity index (χ0n) is 15.8. The Balaban J connectivity index is 2.02. The van der Waals surface area contributed by atoms with Crippen LogP contribution in [0.2, 0.25) is 0 Å². The van der Waals surface area contributed by atoms with Gasteiger partial charge < -0.3 is 15.0 Å². The van der Waals surface area contributed by atoms with Gasteiger partial charge in [-0.25, -0.2) is 0 Å². The highest BCUT2D eigenvalue weighted by molar-refractivity contribution is 5.92. The van der Waals surface area contributed by atoms with Crippen LogP contribution in [0.25, 0.3) is 0 Å². The van der Waals surface area contributed by atoms with E-state index in [-0.39, 0.29) is 24.3 Å². The van der Waals surface area contributed by atoms with Crippen LogP contribution in [0.5, 0.6) is 5.75 Å². The molecular weight excluding hydrogens is 328 g/mol. The molecule has 1 N–H and O–H groups in total. The maximum absolute atomic E-state index is 12.4. The fourth-order valence-electron chi connectivity index (χ4n) is 2.89. The monoisotopic (exact) mass is 354 g/mol. The number of amides is 2. The lowest BCUT2D eigenvalue weighted by Crippen LogP contribution is -2.34. The molecule has 5 nitrogen and oxygen atoms in total. The van der Waals surface area contributed by atoms with Gasteiger partial charge in [-0.15, -0.1) is 0 Å². The summed E-state index contributed by atoms with van der Waals surface area (Å²) in [6.07, 6.45) is 0.216. The molecule has 0 aromatic heterocycles. The SMILES string of the molecule is COc1ccc(C)cc1NC(=O)CCN(C(C)=O)C(C)c1ccccc1. The van der Waals surface area contributed by atoms with Crippen LogP contribution in [-0.2, 0) is 9.59 Å². The van der Waals surface area contributed by atoms with Crippen LogP contribution in [0, 0.1) is 6.92 Å². The minimum Gasteiger partial charge on any atom is -0.495 e. The molecule has 0 fully saturated rings. The molecule has 0 spiro atoms. The van der Waals surface area contributed by atoms with Gasteiger partial charge in [-0.05, 0) is 37.1 Å². The van der Waals surface area contributed by atoms with Crippen molar-refractivity contribution in [2.24, 2.45) is 0 Å². The predicted molar refractivity (Wildman–Crippen MR) is 103 cm³/mol. The van der Waals surface area contributed by atoms with Gasteiger partial charge in [0, 0.05) is 19.9 Å². The molecule has 2 amide bonds. The Kier molecular flexibility index (Phi) is 6.78. The van der Waals surface area contributed by atoms with Crippen LogP contribution in [0.3, 0.4) is 0 Å². The number of benzene rings is 2. The average Bonchev–Trinajstić information content (AvgIpc) is 2.62. The summed E-state index contributed by atoms with van der Waals surface area (Å²) in [4.78, 5) is 26.1. The topological polar surface area (TPSA) is 58.6 Å². The standard InChI is InChI=1S/C21H26N2O3/c1-15-10-11-20(26-4)19(14-15)22-21(25)12-13-23(17(3)24)16(2)18-8-6-5-7-9-18/h5-11,14,16H,12-13H2,1-4H3,(H,22,25). The molecule has 1 unspecified atom stereocenters. The number of carbonyl (C=O) groups is 2. The smallest absolute Gasteiger partial charge is 0.226 e. The molecule has 0 saturated heterocycles. The number of carbonyl (C=O) groups excluding carboxylic acids is 2. The lowest BCUT2D eigenvalue weighted by atomic mass is 10.1. The summed E-state index contributed by atoms with van der Waals surface area (Å²) >= 11 is 0. The Morgan fingerprint density at radius 2 is 1.85 bits per heavy atom. The largest absolute Gasteiger partial charge is 0.495 e. The molecule has 2 aromatic carbocycles. The van der Waals surface area contributed by atoms with Crippen LogP contribution >= 0.6 is 0 Å². The molecule has 26 heavy (non-hydrogen) atoms. The van der Waals surface area contributed by atoms with Crippen molar-refractivity contribution in [2.45, 2.75) is 33.2 Å². The maximum Gasteiger partial charge on any atom is 0.226 e. The van der Waals surface area contributed by atoms with Gasteiger partial charge in [0.1, 0.15) is 5.75 Å². The maximum atomic E-state index is 12.4. The lowest BCUT2D eigenvalue weighted by molar-refractivity contribution is -0.131. The van der Waals surface area contributed by atoms with Crippen molar-refractivity contribution in [3.63, 3.8) is 0 Å². The second-order valence-corrected chi connectivity index (χ2v) is 6.30. The van der Waals surface area contributed by atoms with Crippen molar-refractivity contribution in [1.82, 2.24) is 4.90 Å². The normalized spacial score (nSPS) is 11.5. The summed E-state index contributed by atoms with van der Waals surface area (Å²) < 4.78 is 5.28. The molecule has 138 valence electrons. The first-order valence-electron chi connectivity index (χ1n) is 8.69. The molecule has 0 saturated carbocycles. The molecule has 0 radical (unpaired) electrons. The minimum atomic E-state index is -0.152. The number of hydrogen-bond donors (Lipinski definition) is 1. The summed E-state index contributed by atoms with van der Waals surface area (Å²) in [7, 11) is 1.57. The van der Waals surface area contributed by atoms with E-state index >= 15 is 0 Å². The second-order valence-electron chi connectivity index (χ2n) is 6.30. The summed E-state index contributed by atoms with van der Waals surface area (Å²) in [5.41, 5.74) is 2.72. The Morgan fingerprint density at radius 1 is 1.15 bits per heavy atom. The van der Waals surface area contributed by atoms with Crippen molar-refractivity contribution in [2.75, 3.05) is 19.0 Å². The summed E-state index contributed by atoms with van der Waals surface area (Å²) in [6, 6.07) is 15.3. The summed E-state index contributed by atoms with van der Waals surface area (Å²) in [5, 5.41) is 2.87. The van der Waals surface area contributed by atoms with E-state index < -0.39 is 0 Å². The number of nitrogens with zero attached hydrogens (tertiary/aromatic N) is 1. The Bertz CT molecular complexity index is 759. The fraction of sp³-hybridized carbons (Fsp3) is 0.333. The van der Waals surface area contributed by atoms with Crippen LogP contribution in [0.4, 0.5) is 5.69 Å². The summed E-state index contributed by atoms with van der Waals surface area (Å²) in [6.45, 7) is 5.80. The zero-order chi connectivity index (χ0) is 19.1. The van der Waals surface area contributed by atoms with Crippen LogP contribution in [0.15, 0.2) is 48.5 Å². The van der Waals surface area contributed by atoms with E-state index in [0.29, 0.717) is 18.0 Å². The molecule has 0 aliphatic heterocycles. The highest BCUT2D eigenvalue weighted by Crippen LogP contribution is 2.25. The number of methoxy groups -OCH3 is 1. The van der Waals surface area contributed by atoms with Crippen molar-refractivity contribution >= 4 is 17.5 Å². The minimum absolute atomic E-state index is 0.0534. The number of nitrogens with one attached hydrogen (secondary N) is 1. The first-order valence-corrected chi connectivity index (χ1v) is 8.69. The number of aryl methyl sites for hydroxylation is 1. The van der Waals surface area contributed by atoms with Gasteiger partial charge in [0.15, 0.2) is 0 Å². The molecule has 0 bridgehead atoms. The molecule has 0 aliphatic rings. The van der Waals surface area contributed by atoms with E-state index in [1.54, 1.807) is 12.0 Å². The van der Waals surface area contributed by atoms with Crippen molar-refractivity contribution in [3.05, 3.63) is 59.7 Å². The van der Waals surface area contributed by atoms with Crippen LogP contribution in [-0.4, -0.2) is 30.4 Å². The van der Waals surface area contributed by atoms with E-state index in [1.807, 2.05) is 62.4 Å². The van der Waals surface area contributed by atoms with Crippen molar-refractivity contribution < 1.29 is 14.3 Å². The Labute approximate surface area is 155 Å². The van der Waals surface area contributed by atoms with E-state index in [0.717, 1.165) is 11.1 Å². The molecule has 5 heteroatoms. The van der Waals surface area contributed by atoms with E-state index in [2.05, 4.69) is 5.32 Å². The van der Waals surface area contributed by atoms with Gasteiger partial charge in [0.05, 0.1) is 18.8 Å². The number of ether oxygens (including phenoxy) is 1. The Hall–Kier alpha value is -2.82. The number of anilines is 1. The molecule has 0 heterocycles. The molecule has 1 atom stereocenters. The third-order valence-electron chi connectivity index (χ3n) is 4.36. The number of hydrogen-bond acceptors (Lipinski definition) is 3. The van der Waals surface area contributed by atoms with Gasteiger partial charge in [0.2, 0.25) is 11.8 Å². The number of rotatable bonds is 7. The van der Waals surface area contributed by atoms with Crippen LogP contribution in [0.1, 0.15) is 37.4 Å². The van der Waals surface area contributed by atoms with Gasteiger partial charge >= 0.3 is 0 Å². The molecular formula is C21H26N2O3. The third-order valence-corrected chi connectivity index (χ3v) is 4.36. The highest BCUT2D eigenvalue weighted by atomic mass is 16.5. The Morgan fingerprint density at radius 3 is 2.46 bits per heavy atom. The first kappa shape index (κ1) is 19.5. The van der Waals surface area contributed by atoms with Gasteiger partial charge in [0.25, 0.3) is 0 Å². The van der Waals surface area contributed by atoms with E-state index in [4.69, 9.17) is 4.74 Å². The first-order chi connectivity index (χ1) is 12.4. The van der Waals surface area contributed by atoms with Gasteiger partial charge in [-0.2, -0.15) is 0 Å². The summed E-state index contributed by atoms with van der Waals surface area (Å²) in [5.74, 6) is 0.410. The van der Waals surface area contributed by atoms with Crippen molar-refractivity contribution in [3.8, 4) is 5.75 Å². The second kappa shape index (κ2) is 9.04. The third kappa shape index (κ3) is 5.09. The van der Waals surface area contributed by atoms with Gasteiger partial charge in [-0.3, -0.25) is 9.59 Å². The van der Waals surface area contributed by atoms with Gasteiger partial charge in [-0.1, -0.05) is 36.4 Å².